The van der Waals surface area contributed by atoms with E-state index in [0.29, 0.717) is 31.0 Å². The summed E-state index contributed by atoms with van der Waals surface area (Å²) in [6.45, 7) is 0.745. The van der Waals surface area contributed by atoms with Crippen LogP contribution in [-0.2, 0) is 9.59 Å². The highest BCUT2D eigenvalue weighted by Crippen LogP contribution is 2.12. The molecule has 19 heavy (non-hydrogen) atoms. The van der Waals surface area contributed by atoms with Crippen LogP contribution in [0.2, 0.25) is 0 Å². The van der Waals surface area contributed by atoms with Crippen molar-refractivity contribution in [2.45, 2.75) is 19.3 Å². The number of amides is 2. The third-order valence-corrected chi connectivity index (χ3v) is 2.40. The summed E-state index contributed by atoms with van der Waals surface area (Å²) in [5.41, 5.74) is 11.2. The number of primary amides is 1. The summed E-state index contributed by atoms with van der Waals surface area (Å²) < 4.78 is 5.39. The third-order valence-electron chi connectivity index (χ3n) is 2.40. The zero-order valence-electron chi connectivity index (χ0n) is 10.7. The van der Waals surface area contributed by atoms with Crippen LogP contribution in [0.25, 0.3) is 0 Å². The maximum Gasteiger partial charge on any atom is 0.223 e. The van der Waals surface area contributed by atoms with Crippen LogP contribution in [-0.4, -0.2) is 25.0 Å². The number of benzene rings is 1. The smallest absolute Gasteiger partial charge is 0.223 e. The average Bonchev–Trinajstić information content (AvgIpc) is 2.37. The number of hydrogen-bond acceptors (Lipinski definition) is 4. The van der Waals surface area contributed by atoms with Crippen LogP contribution in [0, 0.1) is 0 Å². The van der Waals surface area contributed by atoms with Gasteiger partial charge in [0.2, 0.25) is 11.8 Å². The molecule has 6 nitrogen and oxygen atoms in total. The lowest BCUT2D eigenvalue weighted by Gasteiger charge is -2.07. The van der Waals surface area contributed by atoms with E-state index in [1.807, 2.05) is 0 Å². The lowest BCUT2D eigenvalue weighted by molar-refractivity contribution is -0.122. The molecule has 1 aromatic rings. The first-order valence-corrected chi connectivity index (χ1v) is 6.11. The van der Waals surface area contributed by atoms with E-state index in [1.165, 1.54) is 0 Å². The molecule has 0 aromatic heterocycles. The highest BCUT2D eigenvalue weighted by atomic mass is 16.5. The van der Waals surface area contributed by atoms with Crippen molar-refractivity contribution in [3.05, 3.63) is 24.3 Å². The van der Waals surface area contributed by atoms with Crippen LogP contribution in [0.15, 0.2) is 24.3 Å². The number of nitrogens with one attached hydrogen (secondary N) is 1. The molecular formula is C13H19N3O3. The summed E-state index contributed by atoms with van der Waals surface area (Å²) in [5, 5.41) is 2.69. The quantitative estimate of drug-likeness (QED) is 0.467. The molecule has 1 aromatic carbocycles. The molecule has 0 heterocycles. The Morgan fingerprint density at radius 1 is 1.16 bits per heavy atom. The van der Waals surface area contributed by atoms with Crippen molar-refractivity contribution in [3.63, 3.8) is 0 Å². The van der Waals surface area contributed by atoms with Gasteiger partial charge >= 0.3 is 0 Å². The van der Waals surface area contributed by atoms with Gasteiger partial charge in [-0.05, 0) is 30.7 Å². The monoisotopic (exact) mass is 265 g/mol. The molecule has 0 radical (unpaired) electrons. The predicted octanol–water partition coefficient (Wildman–Crippen LogP) is 0.419. The van der Waals surface area contributed by atoms with Crippen molar-refractivity contribution in [3.8, 4) is 5.75 Å². The van der Waals surface area contributed by atoms with Crippen LogP contribution >= 0.6 is 0 Å². The topological polar surface area (TPSA) is 107 Å². The molecule has 0 fully saturated rings. The summed E-state index contributed by atoms with van der Waals surface area (Å²) >= 11 is 0. The molecule has 0 atom stereocenters. The van der Waals surface area contributed by atoms with Gasteiger partial charge in [-0.3, -0.25) is 9.59 Å². The van der Waals surface area contributed by atoms with Crippen LogP contribution in [0.1, 0.15) is 19.3 Å². The molecule has 0 aliphatic carbocycles. The number of carbonyl (C=O) groups excluding carboxylic acids is 2. The predicted molar refractivity (Wildman–Crippen MR) is 72.4 cm³/mol. The lowest BCUT2D eigenvalue weighted by Crippen LogP contribution is -2.26. The molecule has 0 unspecified atom stereocenters. The minimum atomic E-state index is -0.360. The Bertz CT molecular complexity index is 418. The Balaban J connectivity index is 2.10. The number of nitrogens with two attached hydrogens (primary N) is 2. The zero-order valence-corrected chi connectivity index (χ0v) is 10.7. The summed E-state index contributed by atoms with van der Waals surface area (Å²) in [7, 11) is 0. The number of hydrogen-bond donors (Lipinski definition) is 3. The second-order valence-corrected chi connectivity index (χ2v) is 4.09. The molecule has 0 aliphatic rings. The van der Waals surface area contributed by atoms with E-state index < -0.39 is 0 Å². The van der Waals surface area contributed by atoms with Crippen molar-refractivity contribution < 1.29 is 14.3 Å². The first-order chi connectivity index (χ1) is 9.08. The number of ether oxygens (including phenoxy) is 1. The van der Waals surface area contributed by atoms with Crippen molar-refractivity contribution in [1.82, 2.24) is 5.32 Å². The van der Waals surface area contributed by atoms with Gasteiger partial charge in [0.1, 0.15) is 5.75 Å². The molecule has 104 valence electrons. The van der Waals surface area contributed by atoms with Crippen molar-refractivity contribution >= 4 is 17.5 Å². The molecule has 0 saturated carbocycles. The summed E-state index contributed by atoms with van der Waals surface area (Å²) in [4.78, 5) is 21.9. The Morgan fingerprint density at radius 3 is 2.47 bits per heavy atom. The summed E-state index contributed by atoms with van der Waals surface area (Å²) in [6, 6.07) is 6.97. The number of nitrogen functional groups attached to an aromatic ring is 1. The van der Waals surface area contributed by atoms with Gasteiger partial charge in [-0.2, -0.15) is 0 Å². The van der Waals surface area contributed by atoms with E-state index in [9.17, 15) is 9.59 Å². The number of rotatable bonds is 8. The molecule has 2 amide bonds. The van der Waals surface area contributed by atoms with Crippen LogP contribution < -0.4 is 21.5 Å². The first kappa shape index (κ1) is 14.8. The van der Waals surface area contributed by atoms with Gasteiger partial charge in [-0.25, -0.2) is 0 Å². The molecule has 1 rings (SSSR count). The molecule has 0 aliphatic heterocycles. The van der Waals surface area contributed by atoms with Gasteiger partial charge < -0.3 is 21.5 Å². The standard InChI is InChI=1S/C13H19N3O3/c14-10-3-5-11(6-4-10)19-9-7-13(18)16-8-1-2-12(15)17/h3-6H,1-2,7-9,14H2,(H2,15,17)(H,16,18). The van der Waals surface area contributed by atoms with Crippen molar-refractivity contribution in [2.75, 3.05) is 18.9 Å². The SMILES string of the molecule is NC(=O)CCCNC(=O)CCOc1ccc(N)cc1. The molecule has 6 heteroatoms. The Hall–Kier alpha value is -2.24. The zero-order chi connectivity index (χ0) is 14.1. The molecule has 5 N–H and O–H groups in total. The molecular weight excluding hydrogens is 246 g/mol. The highest BCUT2D eigenvalue weighted by Gasteiger charge is 2.02. The lowest BCUT2D eigenvalue weighted by atomic mass is 10.3. The number of carbonyl (C=O) groups is 2. The van der Waals surface area contributed by atoms with Crippen LogP contribution in [0.5, 0.6) is 5.75 Å². The minimum Gasteiger partial charge on any atom is -0.493 e. The fourth-order valence-corrected chi connectivity index (χ4v) is 1.40. The van der Waals surface area contributed by atoms with Crippen molar-refractivity contribution in [2.24, 2.45) is 5.73 Å². The van der Waals surface area contributed by atoms with E-state index in [2.05, 4.69) is 5.32 Å². The van der Waals surface area contributed by atoms with E-state index >= 15 is 0 Å². The maximum atomic E-state index is 11.4. The summed E-state index contributed by atoms with van der Waals surface area (Å²) in [6.07, 6.45) is 1.10. The fraction of sp³-hybridized carbons (Fsp3) is 0.385. The van der Waals surface area contributed by atoms with Gasteiger partial charge in [0.15, 0.2) is 0 Å². The van der Waals surface area contributed by atoms with Gasteiger partial charge in [0, 0.05) is 18.7 Å². The van der Waals surface area contributed by atoms with E-state index in [0.717, 1.165) is 0 Å². The molecule has 0 saturated heterocycles. The second-order valence-electron chi connectivity index (χ2n) is 4.09. The third kappa shape index (κ3) is 6.92. The molecule has 0 spiro atoms. The minimum absolute atomic E-state index is 0.111. The Morgan fingerprint density at radius 2 is 1.84 bits per heavy atom. The highest BCUT2D eigenvalue weighted by molar-refractivity contribution is 5.76. The van der Waals surface area contributed by atoms with Gasteiger partial charge in [0.25, 0.3) is 0 Å². The van der Waals surface area contributed by atoms with E-state index in [4.69, 9.17) is 16.2 Å². The van der Waals surface area contributed by atoms with Gasteiger partial charge in [0.05, 0.1) is 13.0 Å². The Kier molecular flexibility index (Phi) is 6.21. The van der Waals surface area contributed by atoms with Gasteiger partial charge in [-0.1, -0.05) is 0 Å². The molecule has 0 bridgehead atoms. The second kappa shape index (κ2) is 7.97. The maximum absolute atomic E-state index is 11.4. The van der Waals surface area contributed by atoms with E-state index in [-0.39, 0.29) is 24.7 Å². The van der Waals surface area contributed by atoms with Gasteiger partial charge in [-0.15, -0.1) is 0 Å². The Labute approximate surface area is 112 Å². The summed E-state index contributed by atoms with van der Waals surface area (Å²) in [5.74, 6) is 0.205. The average molecular weight is 265 g/mol. The van der Waals surface area contributed by atoms with Crippen LogP contribution in [0.3, 0.4) is 0 Å². The fourth-order valence-electron chi connectivity index (χ4n) is 1.40. The van der Waals surface area contributed by atoms with E-state index in [1.54, 1.807) is 24.3 Å². The van der Waals surface area contributed by atoms with Crippen molar-refractivity contribution in [1.29, 1.82) is 0 Å². The first-order valence-electron chi connectivity index (χ1n) is 6.11. The van der Waals surface area contributed by atoms with Crippen LogP contribution in [0.4, 0.5) is 5.69 Å². The number of anilines is 1. The largest absolute Gasteiger partial charge is 0.493 e. The normalized spacial score (nSPS) is 9.89.